The summed E-state index contributed by atoms with van der Waals surface area (Å²) in [5, 5.41) is 0. The van der Waals surface area contributed by atoms with Gasteiger partial charge in [-0.2, -0.15) is 0 Å². The fraction of sp³-hybridized carbons (Fsp3) is 0.435. The minimum Gasteiger partial charge on any atom is -0.497 e. The monoisotopic (exact) mass is 398 g/mol. The zero-order valence-electron chi connectivity index (χ0n) is 16.9. The Labute approximate surface area is 171 Å². The summed E-state index contributed by atoms with van der Waals surface area (Å²) in [6, 6.07) is 12.4. The van der Waals surface area contributed by atoms with E-state index < -0.39 is 0 Å². The van der Waals surface area contributed by atoms with E-state index in [2.05, 4.69) is 4.90 Å². The average molecular weight is 398 g/mol. The third kappa shape index (κ3) is 4.37. The number of ether oxygens (including phenoxy) is 2. The van der Waals surface area contributed by atoms with Gasteiger partial charge in [0.15, 0.2) is 0 Å². The second kappa shape index (κ2) is 8.41. The normalized spacial score (nSPS) is 21.7. The van der Waals surface area contributed by atoms with Gasteiger partial charge >= 0.3 is 0 Å². The van der Waals surface area contributed by atoms with Crippen molar-refractivity contribution in [3.05, 3.63) is 59.4 Å². The Morgan fingerprint density at radius 2 is 1.76 bits per heavy atom. The smallest absolute Gasteiger partial charge is 0.226 e. The molecule has 29 heavy (non-hydrogen) atoms. The number of carbonyl (C=O) groups is 1. The zero-order chi connectivity index (χ0) is 20.4. The standard InChI is InChI=1S/C23H27FN2O3/c1-28-19-7-8-22(29-2)17(13-19)15-25-9-11-26(12-10-25)23(27)21-14-20(21)16-3-5-18(24)6-4-16/h3-8,13,20-21H,9-12,14-15H2,1-2H3. The lowest BCUT2D eigenvalue weighted by atomic mass is 10.1. The van der Waals surface area contributed by atoms with Crippen molar-refractivity contribution in [2.45, 2.75) is 18.9 Å². The third-order valence-electron chi connectivity index (χ3n) is 5.97. The average Bonchev–Trinajstić information content (AvgIpc) is 3.55. The summed E-state index contributed by atoms with van der Waals surface area (Å²) >= 11 is 0. The zero-order valence-corrected chi connectivity index (χ0v) is 16.9. The van der Waals surface area contributed by atoms with E-state index in [9.17, 15) is 9.18 Å². The highest BCUT2D eigenvalue weighted by atomic mass is 19.1. The molecule has 1 saturated heterocycles. The number of benzene rings is 2. The molecule has 2 atom stereocenters. The SMILES string of the molecule is COc1ccc(OC)c(CN2CCN(C(=O)C3CC3c3ccc(F)cc3)CC2)c1. The van der Waals surface area contributed by atoms with Crippen molar-refractivity contribution >= 4 is 5.91 Å². The molecule has 2 aromatic rings. The second-order valence-corrected chi connectivity index (χ2v) is 7.78. The molecule has 2 fully saturated rings. The van der Waals surface area contributed by atoms with Gasteiger partial charge in [-0.25, -0.2) is 4.39 Å². The molecule has 2 unspecified atom stereocenters. The molecule has 1 heterocycles. The molecular formula is C23H27FN2O3. The number of nitrogens with zero attached hydrogens (tertiary/aromatic N) is 2. The van der Waals surface area contributed by atoms with Gasteiger partial charge in [-0.15, -0.1) is 0 Å². The van der Waals surface area contributed by atoms with Gasteiger partial charge in [-0.1, -0.05) is 12.1 Å². The molecule has 0 aromatic heterocycles. The number of amides is 1. The summed E-state index contributed by atoms with van der Waals surface area (Å²) in [5.41, 5.74) is 2.15. The Morgan fingerprint density at radius 3 is 2.41 bits per heavy atom. The molecule has 0 N–H and O–H groups in total. The number of halogens is 1. The molecule has 0 spiro atoms. The molecule has 4 rings (SSSR count). The van der Waals surface area contributed by atoms with E-state index in [1.807, 2.05) is 23.1 Å². The minimum atomic E-state index is -0.235. The van der Waals surface area contributed by atoms with Gasteiger partial charge < -0.3 is 14.4 Å². The Hall–Kier alpha value is -2.60. The van der Waals surface area contributed by atoms with Crippen LogP contribution in [0.2, 0.25) is 0 Å². The molecule has 1 saturated carbocycles. The summed E-state index contributed by atoms with van der Waals surface area (Å²) in [6.07, 6.45) is 0.867. The first-order valence-corrected chi connectivity index (χ1v) is 10.1. The molecule has 5 nitrogen and oxygen atoms in total. The van der Waals surface area contributed by atoms with Gasteiger partial charge in [0.2, 0.25) is 5.91 Å². The first kappa shape index (κ1) is 19.7. The third-order valence-corrected chi connectivity index (χ3v) is 5.97. The van der Waals surface area contributed by atoms with Crippen LogP contribution in [0, 0.1) is 11.7 Å². The van der Waals surface area contributed by atoms with Crippen LogP contribution in [-0.2, 0) is 11.3 Å². The summed E-state index contributed by atoms with van der Waals surface area (Å²) in [6.45, 7) is 3.90. The number of piperazine rings is 1. The summed E-state index contributed by atoms with van der Waals surface area (Å²) in [7, 11) is 3.34. The van der Waals surface area contributed by atoms with E-state index in [0.29, 0.717) is 0 Å². The lowest BCUT2D eigenvalue weighted by Crippen LogP contribution is -2.48. The lowest BCUT2D eigenvalue weighted by molar-refractivity contribution is -0.134. The fourth-order valence-electron chi connectivity index (χ4n) is 4.15. The number of hydrogen-bond donors (Lipinski definition) is 0. The number of carbonyl (C=O) groups excluding carboxylic acids is 1. The first-order valence-electron chi connectivity index (χ1n) is 10.1. The highest BCUT2D eigenvalue weighted by molar-refractivity contribution is 5.83. The van der Waals surface area contributed by atoms with E-state index in [1.165, 1.54) is 12.1 Å². The molecule has 6 heteroatoms. The van der Waals surface area contributed by atoms with Crippen molar-refractivity contribution in [3.8, 4) is 11.5 Å². The predicted molar refractivity (Wildman–Crippen MR) is 109 cm³/mol. The summed E-state index contributed by atoms with van der Waals surface area (Å²) in [5.74, 6) is 1.95. The van der Waals surface area contributed by atoms with E-state index in [1.54, 1.807) is 26.4 Å². The minimum absolute atomic E-state index is 0.0467. The van der Waals surface area contributed by atoms with Crippen LogP contribution < -0.4 is 9.47 Å². The van der Waals surface area contributed by atoms with Crippen LogP contribution in [0.3, 0.4) is 0 Å². The Morgan fingerprint density at radius 1 is 1.03 bits per heavy atom. The molecule has 2 aromatic carbocycles. The van der Waals surface area contributed by atoms with Gasteiger partial charge in [0.1, 0.15) is 17.3 Å². The van der Waals surface area contributed by atoms with Crippen molar-refractivity contribution in [2.24, 2.45) is 5.92 Å². The Balaban J connectivity index is 1.31. The number of rotatable bonds is 6. The molecule has 1 amide bonds. The molecule has 0 radical (unpaired) electrons. The van der Waals surface area contributed by atoms with Crippen LogP contribution >= 0.6 is 0 Å². The predicted octanol–water partition coefficient (Wildman–Crippen LogP) is 3.29. The van der Waals surface area contributed by atoms with Crippen LogP contribution in [0.4, 0.5) is 4.39 Å². The first-order chi connectivity index (χ1) is 14.1. The van der Waals surface area contributed by atoms with Crippen LogP contribution in [0.25, 0.3) is 0 Å². The van der Waals surface area contributed by atoms with Gasteiger partial charge in [-0.3, -0.25) is 9.69 Å². The molecule has 1 aliphatic heterocycles. The summed E-state index contributed by atoms with van der Waals surface area (Å²) in [4.78, 5) is 17.2. The maximum atomic E-state index is 13.1. The van der Waals surface area contributed by atoms with Crippen LogP contribution in [-0.4, -0.2) is 56.1 Å². The van der Waals surface area contributed by atoms with Crippen molar-refractivity contribution < 1.29 is 18.7 Å². The molecule has 1 aliphatic carbocycles. The quantitative estimate of drug-likeness (QED) is 0.749. The summed E-state index contributed by atoms with van der Waals surface area (Å²) < 4.78 is 23.9. The largest absolute Gasteiger partial charge is 0.497 e. The Bertz CT molecular complexity index is 863. The van der Waals surface area contributed by atoms with E-state index in [0.717, 1.165) is 61.8 Å². The van der Waals surface area contributed by atoms with Crippen molar-refractivity contribution in [2.75, 3.05) is 40.4 Å². The van der Waals surface area contributed by atoms with E-state index in [-0.39, 0.29) is 23.6 Å². The number of methoxy groups -OCH3 is 2. The molecule has 2 aliphatic rings. The molecule has 154 valence electrons. The topological polar surface area (TPSA) is 42.0 Å². The highest BCUT2D eigenvalue weighted by Crippen LogP contribution is 2.48. The molecule has 0 bridgehead atoms. The van der Waals surface area contributed by atoms with E-state index in [4.69, 9.17) is 9.47 Å². The number of hydrogen-bond acceptors (Lipinski definition) is 4. The van der Waals surface area contributed by atoms with Crippen molar-refractivity contribution in [1.82, 2.24) is 9.80 Å². The lowest BCUT2D eigenvalue weighted by Gasteiger charge is -2.35. The van der Waals surface area contributed by atoms with Crippen molar-refractivity contribution in [1.29, 1.82) is 0 Å². The van der Waals surface area contributed by atoms with Gasteiger partial charge in [0.05, 0.1) is 14.2 Å². The van der Waals surface area contributed by atoms with Crippen LogP contribution in [0.1, 0.15) is 23.5 Å². The van der Waals surface area contributed by atoms with Gasteiger partial charge in [-0.05, 0) is 48.2 Å². The maximum absolute atomic E-state index is 13.1. The van der Waals surface area contributed by atoms with Crippen molar-refractivity contribution in [3.63, 3.8) is 0 Å². The second-order valence-electron chi connectivity index (χ2n) is 7.78. The van der Waals surface area contributed by atoms with Gasteiger partial charge in [0, 0.05) is 44.2 Å². The Kier molecular flexibility index (Phi) is 5.72. The van der Waals surface area contributed by atoms with Crippen LogP contribution in [0.15, 0.2) is 42.5 Å². The highest BCUT2D eigenvalue weighted by Gasteiger charge is 2.46. The fourth-order valence-corrected chi connectivity index (χ4v) is 4.15. The van der Waals surface area contributed by atoms with E-state index >= 15 is 0 Å². The van der Waals surface area contributed by atoms with Gasteiger partial charge in [0.25, 0.3) is 0 Å². The molecular weight excluding hydrogens is 371 g/mol. The maximum Gasteiger partial charge on any atom is 0.226 e. The van der Waals surface area contributed by atoms with Crippen LogP contribution in [0.5, 0.6) is 11.5 Å².